The molecular formula is C23H23N5OS2. The van der Waals surface area contributed by atoms with Gasteiger partial charge in [0.05, 0.1) is 11.8 Å². The molecule has 4 aromatic rings. The Labute approximate surface area is 189 Å². The molecule has 0 unspecified atom stereocenters. The summed E-state index contributed by atoms with van der Waals surface area (Å²) >= 11 is 3.22. The SMILES string of the molecule is Cc1csc(CC(=O)N2CCN(c3nc(C)nc4scc(-c5ccccc5)c34)CC2)n1. The summed E-state index contributed by atoms with van der Waals surface area (Å²) in [6.45, 7) is 6.82. The molecule has 5 rings (SSSR count). The summed E-state index contributed by atoms with van der Waals surface area (Å²) < 4.78 is 0. The van der Waals surface area contributed by atoms with Crippen LogP contribution in [0, 0.1) is 13.8 Å². The summed E-state index contributed by atoms with van der Waals surface area (Å²) in [5, 5.41) is 6.17. The Balaban J connectivity index is 1.38. The van der Waals surface area contributed by atoms with E-state index in [9.17, 15) is 4.79 Å². The van der Waals surface area contributed by atoms with Crippen LogP contribution in [-0.4, -0.2) is 51.9 Å². The molecule has 31 heavy (non-hydrogen) atoms. The third kappa shape index (κ3) is 4.05. The minimum atomic E-state index is 0.151. The maximum atomic E-state index is 12.7. The number of anilines is 1. The lowest BCUT2D eigenvalue weighted by Gasteiger charge is -2.35. The highest BCUT2D eigenvalue weighted by molar-refractivity contribution is 7.17. The fourth-order valence-corrected chi connectivity index (χ4v) is 5.73. The van der Waals surface area contributed by atoms with Crippen LogP contribution < -0.4 is 4.90 Å². The van der Waals surface area contributed by atoms with Gasteiger partial charge in [-0.2, -0.15) is 0 Å². The zero-order chi connectivity index (χ0) is 21.4. The Morgan fingerprint density at radius 3 is 2.45 bits per heavy atom. The van der Waals surface area contributed by atoms with Crippen LogP contribution in [0.4, 0.5) is 5.82 Å². The zero-order valence-corrected chi connectivity index (χ0v) is 19.2. The minimum absolute atomic E-state index is 0.151. The van der Waals surface area contributed by atoms with Crippen LogP contribution >= 0.6 is 22.7 Å². The molecule has 0 spiro atoms. The summed E-state index contributed by atoms with van der Waals surface area (Å²) in [7, 11) is 0. The van der Waals surface area contributed by atoms with Gasteiger partial charge in [-0.25, -0.2) is 15.0 Å². The van der Waals surface area contributed by atoms with Crippen molar-refractivity contribution in [3.63, 3.8) is 0 Å². The van der Waals surface area contributed by atoms with Crippen molar-refractivity contribution in [3.05, 3.63) is 57.6 Å². The Morgan fingerprint density at radius 1 is 0.968 bits per heavy atom. The van der Waals surface area contributed by atoms with E-state index in [4.69, 9.17) is 4.98 Å². The van der Waals surface area contributed by atoms with Gasteiger partial charge in [0.1, 0.15) is 21.5 Å². The van der Waals surface area contributed by atoms with Crippen LogP contribution in [0.1, 0.15) is 16.5 Å². The topological polar surface area (TPSA) is 62.2 Å². The third-order valence-corrected chi connectivity index (χ3v) is 7.35. The second kappa shape index (κ2) is 8.36. The van der Waals surface area contributed by atoms with Crippen molar-refractivity contribution >= 4 is 44.6 Å². The van der Waals surface area contributed by atoms with Gasteiger partial charge < -0.3 is 9.80 Å². The fraction of sp³-hybridized carbons (Fsp3) is 0.304. The van der Waals surface area contributed by atoms with Crippen LogP contribution in [-0.2, 0) is 11.2 Å². The molecule has 1 aromatic carbocycles. The van der Waals surface area contributed by atoms with Gasteiger partial charge in [-0.1, -0.05) is 30.3 Å². The second-order valence-electron chi connectivity index (χ2n) is 7.72. The number of carbonyl (C=O) groups excluding carboxylic acids is 1. The van der Waals surface area contributed by atoms with Crippen LogP contribution in [0.5, 0.6) is 0 Å². The molecular weight excluding hydrogens is 426 g/mol. The van der Waals surface area contributed by atoms with Crippen molar-refractivity contribution in [1.82, 2.24) is 19.9 Å². The number of amides is 1. The van der Waals surface area contributed by atoms with Gasteiger partial charge in [0, 0.05) is 48.2 Å². The van der Waals surface area contributed by atoms with E-state index >= 15 is 0 Å². The molecule has 1 amide bonds. The number of piperazine rings is 1. The quantitative estimate of drug-likeness (QED) is 0.464. The largest absolute Gasteiger partial charge is 0.352 e. The maximum Gasteiger partial charge on any atom is 0.229 e. The van der Waals surface area contributed by atoms with Crippen molar-refractivity contribution in [2.24, 2.45) is 0 Å². The van der Waals surface area contributed by atoms with Gasteiger partial charge in [0.15, 0.2) is 0 Å². The van der Waals surface area contributed by atoms with Gasteiger partial charge in [-0.3, -0.25) is 4.79 Å². The smallest absolute Gasteiger partial charge is 0.229 e. The van der Waals surface area contributed by atoms with E-state index in [0.717, 1.165) is 45.6 Å². The fourth-order valence-electron chi connectivity index (χ4n) is 3.98. The highest BCUT2D eigenvalue weighted by atomic mass is 32.1. The molecule has 8 heteroatoms. The predicted octanol–water partition coefficient (Wildman–Crippen LogP) is 4.32. The van der Waals surface area contributed by atoms with Gasteiger partial charge in [0.2, 0.25) is 5.91 Å². The number of fused-ring (bicyclic) bond motifs is 1. The molecule has 1 saturated heterocycles. The monoisotopic (exact) mass is 449 g/mol. The van der Waals surface area contributed by atoms with Crippen molar-refractivity contribution in [2.75, 3.05) is 31.1 Å². The first kappa shape index (κ1) is 20.1. The van der Waals surface area contributed by atoms with Crippen LogP contribution in [0.3, 0.4) is 0 Å². The van der Waals surface area contributed by atoms with Gasteiger partial charge in [-0.05, 0) is 19.4 Å². The van der Waals surface area contributed by atoms with E-state index < -0.39 is 0 Å². The molecule has 0 atom stereocenters. The normalized spacial score (nSPS) is 14.4. The number of carbonyl (C=O) groups is 1. The highest BCUT2D eigenvalue weighted by Gasteiger charge is 2.25. The Hall–Kier alpha value is -2.84. The molecule has 0 aliphatic carbocycles. The third-order valence-electron chi connectivity index (χ3n) is 5.51. The first-order valence-corrected chi connectivity index (χ1v) is 12.1. The number of nitrogens with zero attached hydrogens (tertiary/aromatic N) is 5. The lowest BCUT2D eigenvalue weighted by atomic mass is 10.1. The summed E-state index contributed by atoms with van der Waals surface area (Å²) in [4.78, 5) is 31.9. The number of aryl methyl sites for hydroxylation is 2. The number of hydrogen-bond donors (Lipinski definition) is 0. The second-order valence-corrected chi connectivity index (χ2v) is 9.52. The number of thiophene rings is 1. The summed E-state index contributed by atoms with van der Waals surface area (Å²) in [6, 6.07) is 10.4. The van der Waals surface area contributed by atoms with E-state index in [-0.39, 0.29) is 5.91 Å². The molecule has 1 aliphatic heterocycles. The lowest BCUT2D eigenvalue weighted by Crippen LogP contribution is -2.49. The number of hydrogen-bond acceptors (Lipinski definition) is 7. The van der Waals surface area contributed by atoms with Gasteiger partial charge in [-0.15, -0.1) is 22.7 Å². The van der Waals surface area contributed by atoms with Crippen molar-refractivity contribution < 1.29 is 4.79 Å². The highest BCUT2D eigenvalue weighted by Crippen LogP contribution is 2.38. The van der Waals surface area contributed by atoms with E-state index in [2.05, 4.69) is 44.5 Å². The number of benzene rings is 1. The molecule has 1 fully saturated rings. The molecule has 3 aromatic heterocycles. The molecule has 0 radical (unpaired) electrons. The Morgan fingerprint density at radius 2 is 1.74 bits per heavy atom. The molecule has 158 valence electrons. The Kier molecular flexibility index (Phi) is 5.41. The van der Waals surface area contributed by atoms with Crippen LogP contribution in [0.2, 0.25) is 0 Å². The first-order chi connectivity index (χ1) is 15.1. The summed E-state index contributed by atoms with van der Waals surface area (Å²) in [6.07, 6.45) is 0.387. The van der Waals surface area contributed by atoms with E-state index in [0.29, 0.717) is 19.5 Å². The molecule has 0 saturated carbocycles. The van der Waals surface area contributed by atoms with E-state index in [1.807, 2.05) is 30.2 Å². The number of aromatic nitrogens is 3. The Bertz CT molecular complexity index is 1230. The standard InChI is InChI=1S/C23H23N5OS2/c1-15-13-30-19(24-15)12-20(29)27-8-10-28(11-9-27)22-21-18(17-6-4-3-5-7-17)14-31-23(21)26-16(2)25-22/h3-7,13-14H,8-12H2,1-2H3. The maximum absolute atomic E-state index is 12.7. The predicted molar refractivity (Wildman–Crippen MR) is 127 cm³/mol. The van der Waals surface area contributed by atoms with Crippen molar-refractivity contribution in [1.29, 1.82) is 0 Å². The first-order valence-electron chi connectivity index (χ1n) is 10.3. The summed E-state index contributed by atoms with van der Waals surface area (Å²) in [5.74, 6) is 1.91. The average molecular weight is 450 g/mol. The van der Waals surface area contributed by atoms with Gasteiger partial charge in [0.25, 0.3) is 0 Å². The molecule has 0 N–H and O–H groups in total. The van der Waals surface area contributed by atoms with E-state index in [1.165, 1.54) is 11.1 Å². The van der Waals surface area contributed by atoms with Crippen LogP contribution in [0.25, 0.3) is 21.3 Å². The van der Waals surface area contributed by atoms with Gasteiger partial charge >= 0.3 is 0 Å². The summed E-state index contributed by atoms with van der Waals surface area (Å²) in [5.41, 5.74) is 3.33. The lowest BCUT2D eigenvalue weighted by molar-refractivity contribution is -0.130. The zero-order valence-electron chi connectivity index (χ0n) is 17.5. The van der Waals surface area contributed by atoms with Crippen molar-refractivity contribution in [2.45, 2.75) is 20.3 Å². The van der Waals surface area contributed by atoms with Crippen LogP contribution in [0.15, 0.2) is 41.1 Å². The van der Waals surface area contributed by atoms with E-state index in [1.54, 1.807) is 22.7 Å². The minimum Gasteiger partial charge on any atom is -0.352 e. The molecule has 1 aliphatic rings. The average Bonchev–Trinajstić information content (AvgIpc) is 3.39. The number of rotatable bonds is 4. The van der Waals surface area contributed by atoms with Crippen molar-refractivity contribution in [3.8, 4) is 11.1 Å². The molecule has 0 bridgehead atoms. The number of thiazole rings is 1. The molecule has 4 heterocycles. The molecule has 6 nitrogen and oxygen atoms in total.